The van der Waals surface area contributed by atoms with Crippen molar-refractivity contribution in [3.05, 3.63) is 29.8 Å². The SMILES string of the molecule is CN(CC(=O)Nc1cccc(C#N)c1)CC(=O)N1CCOCC1. The lowest BCUT2D eigenvalue weighted by atomic mass is 10.2. The maximum atomic E-state index is 12.1. The van der Waals surface area contributed by atoms with Crippen LogP contribution in [0.3, 0.4) is 0 Å². The molecule has 0 bridgehead atoms. The number of hydrogen-bond donors (Lipinski definition) is 1. The number of nitrogens with one attached hydrogen (secondary N) is 1. The Labute approximate surface area is 135 Å². The minimum atomic E-state index is -0.225. The topological polar surface area (TPSA) is 85.7 Å². The van der Waals surface area contributed by atoms with Crippen LogP contribution in [0.1, 0.15) is 5.56 Å². The summed E-state index contributed by atoms with van der Waals surface area (Å²) in [7, 11) is 1.73. The van der Waals surface area contributed by atoms with Crippen molar-refractivity contribution in [2.24, 2.45) is 0 Å². The van der Waals surface area contributed by atoms with Crippen molar-refractivity contribution in [3.8, 4) is 6.07 Å². The molecule has 7 nitrogen and oxygen atoms in total. The molecule has 1 heterocycles. The van der Waals surface area contributed by atoms with Crippen LogP contribution in [0.2, 0.25) is 0 Å². The van der Waals surface area contributed by atoms with Crippen molar-refractivity contribution in [2.45, 2.75) is 0 Å². The van der Waals surface area contributed by atoms with Gasteiger partial charge in [-0.05, 0) is 25.2 Å². The molecule has 0 saturated carbocycles. The average Bonchev–Trinajstić information content (AvgIpc) is 2.55. The summed E-state index contributed by atoms with van der Waals surface area (Å²) in [5, 5.41) is 11.6. The van der Waals surface area contributed by atoms with Gasteiger partial charge in [0, 0.05) is 18.8 Å². The van der Waals surface area contributed by atoms with Crippen LogP contribution in [0.5, 0.6) is 0 Å². The molecule has 0 aromatic heterocycles. The largest absolute Gasteiger partial charge is 0.378 e. The van der Waals surface area contributed by atoms with Gasteiger partial charge in [0.1, 0.15) is 0 Å². The van der Waals surface area contributed by atoms with E-state index in [0.29, 0.717) is 37.6 Å². The van der Waals surface area contributed by atoms with Crippen molar-refractivity contribution >= 4 is 17.5 Å². The summed E-state index contributed by atoms with van der Waals surface area (Å²) in [6.07, 6.45) is 0. The summed E-state index contributed by atoms with van der Waals surface area (Å²) in [6, 6.07) is 8.73. The Bertz CT molecular complexity index is 606. The van der Waals surface area contributed by atoms with Crippen LogP contribution in [0, 0.1) is 11.3 Å². The fraction of sp³-hybridized carbons (Fsp3) is 0.438. The minimum Gasteiger partial charge on any atom is -0.378 e. The normalized spacial score (nSPS) is 14.4. The maximum Gasteiger partial charge on any atom is 0.238 e. The van der Waals surface area contributed by atoms with Crippen LogP contribution >= 0.6 is 0 Å². The molecule has 1 aliphatic heterocycles. The van der Waals surface area contributed by atoms with Gasteiger partial charge >= 0.3 is 0 Å². The number of ether oxygens (including phenoxy) is 1. The van der Waals surface area contributed by atoms with Gasteiger partial charge in [-0.2, -0.15) is 5.26 Å². The zero-order chi connectivity index (χ0) is 16.7. The third-order valence-corrected chi connectivity index (χ3v) is 3.46. The summed E-state index contributed by atoms with van der Waals surface area (Å²) < 4.78 is 5.21. The Hall–Kier alpha value is -2.43. The van der Waals surface area contributed by atoms with Crippen LogP contribution in [-0.4, -0.2) is 68.1 Å². The van der Waals surface area contributed by atoms with Crippen molar-refractivity contribution in [3.63, 3.8) is 0 Å². The van der Waals surface area contributed by atoms with Gasteiger partial charge in [0.2, 0.25) is 11.8 Å². The molecule has 1 aromatic rings. The summed E-state index contributed by atoms with van der Waals surface area (Å²) in [6.45, 7) is 2.61. The second-order valence-corrected chi connectivity index (χ2v) is 5.41. The first kappa shape index (κ1) is 16.9. The van der Waals surface area contributed by atoms with E-state index in [9.17, 15) is 9.59 Å². The average molecular weight is 316 g/mol. The monoisotopic (exact) mass is 316 g/mol. The van der Waals surface area contributed by atoms with E-state index >= 15 is 0 Å². The highest BCUT2D eigenvalue weighted by atomic mass is 16.5. The van der Waals surface area contributed by atoms with Crippen molar-refractivity contribution in [1.82, 2.24) is 9.80 Å². The number of benzene rings is 1. The molecule has 0 unspecified atom stereocenters. The van der Waals surface area contributed by atoms with Gasteiger partial charge in [-0.15, -0.1) is 0 Å². The summed E-state index contributed by atoms with van der Waals surface area (Å²) in [5.41, 5.74) is 1.06. The van der Waals surface area contributed by atoms with Crippen molar-refractivity contribution in [2.75, 3.05) is 51.8 Å². The van der Waals surface area contributed by atoms with E-state index in [4.69, 9.17) is 10.00 Å². The smallest absolute Gasteiger partial charge is 0.238 e. The quantitative estimate of drug-likeness (QED) is 0.844. The zero-order valence-corrected chi connectivity index (χ0v) is 13.1. The molecular formula is C16H20N4O3. The number of carbonyl (C=O) groups excluding carboxylic acids is 2. The first-order chi connectivity index (χ1) is 11.1. The molecular weight excluding hydrogens is 296 g/mol. The molecule has 1 saturated heterocycles. The lowest BCUT2D eigenvalue weighted by molar-refractivity contribution is -0.136. The van der Waals surface area contributed by atoms with Crippen molar-refractivity contribution in [1.29, 1.82) is 5.26 Å². The summed E-state index contributed by atoms with van der Waals surface area (Å²) >= 11 is 0. The predicted molar refractivity (Wildman–Crippen MR) is 84.7 cm³/mol. The van der Waals surface area contributed by atoms with Crippen molar-refractivity contribution < 1.29 is 14.3 Å². The Morgan fingerprint density at radius 2 is 2.09 bits per heavy atom. The standard InChI is InChI=1S/C16H20N4O3/c1-19(12-16(22)20-5-7-23-8-6-20)11-15(21)18-14-4-2-3-13(9-14)10-17/h2-4,9H,5-8,11-12H2,1H3,(H,18,21). The zero-order valence-electron chi connectivity index (χ0n) is 13.1. The molecule has 122 valence electrons. The molecule has 7 heteroatoms. The lowest BCUT2D eigenvalue weighted by Gasteiger charge is -2.28. The summed E-state index contributed by atoms with van der Waals surface area (Å²) in [5.74, 6) is -0.229. The minimum absolute atomic E-state index is 0.00456. The van der Waals surface area contributed by atoms with E-state index in [2.05, 4.69) is 5.32 Å². The van der Waals surface area contributed by atoms with E-state index < -0.39 is 0 Å². The molecule has 0 aliphatic carbocycles. The Balaban J connectivity index is 1.79. The molecule has 1 fully saturated rings. The van der Waals surface area contributed by atoms with E-state index in [-0.39, 0.29) is 24.9 Å². The second kappa shape index (κ2) is 8.27. The van der Waals surface area contributed by atoms with Crippen LogP contribution in [0.4, 0.5) is 5.69 Å². The van der Waals surface area contributed by atoms with E-state index in [1.54, 1.807) is 41.1 Å². The van der Waals surface area contributed by atoms with E-state index in [1.165, 1.54) is 0 Å². The Morgan fingerprint density at radius 3 is 2.78 bits per heavy atom. The number of nitrogens with zero attached hydrogens (tertiary/aromatic N) is 3. The van der Waals surface area contributed by atoms with Crippen LogP contribution < -0.4 is 5.32 Å². The number of rotatable bonds is 5. The number of morpholine rings is 1. The molecule has 2 amide bonds. The molecule has 1 aliphatic rings. The van der Waals surface area contributed by atoms with Crippen LogP contribution in [0.25, 0.3) is 0 Å². The molecule has 23 heavy (non-hydrogen) atoms. The molecule has 1 aromatic carbocycles. The van der Waals surface area contributed by atoms with Gasteiger partial charge in [-0.3, -0.25) is 14.5 Å². The molecule has 0 radical (unpaired) electrons. The fourth-order valence-electron chi connectivity index (χ4n) is 2.31. The number of hydrogen-bond acceptors (Lipinski definition) is 5. The highest BCUT2D eigenvalue weighted by molar-refractivity contribution is 5.92. The van der Waals surface area contributed by atoms with Gasteiger partial charge in [0.25, 0.3) is 0 Å². The Kier molecular flexibility index (Phi) is 6.09. The first-order valence-corrected chi connectivity index (χ1v) is 7.42. The van der Waals surface area contributed by atoms with Gasteiger partial charge in [0.05, 0.1) is 37.9 Å². The molecule has 2 rings (SSSR count). The number of carbonyl (C=O) groups is 2. The second-order valence-electron chi connectivity index (χ2n) is 5.41. The Morgan fingerprint density at radius 1 is 1.35 bits per heavy atom. The predicted octanol–water partition coefficient (Wildman–Crippen LogP) is 0.287. The van der Waals surface area contributed by atoms with Gasteiger partial charge in [-0.25, -0.2) is 0 Å². The molecule has 0 spiro atoms. The van der Waals surface area contributed by atoms with E-state index in [1.807, 2.05) is 6.07 Å². The van der Waals surface area contributed by atoms with Gasteiger partial charge in [-0.1, -0.05) is 6.07 Å². The third-order valence-electron chi connectivity index (χ3n) is 3.46. The number of likely N-dealkylation sites (N-methyl/N-ethyl adjacent to an activating group) is 1. The fourth-order valence-corrected chi connectivity index (χ4v) is 2.31. The highest BCUT2D eigenvalue weighted by Crippen LogP contribution is 2.09. The van der Waals surface area contributed by atoms with E-state index in [0.717, 1.165) is 0 Å². The lowest BCUT2D eigenvalue weighted by Crippen LogP contribution is -2.46. The van der Waals surface area contributed by atoms with Gasteiger partial charge < -0.3 is 15.0 Å². The number of anilines is 1. The maximum absolute atomic E-state index is 12.1. The number of nitriles is 1. The third kappa shape index (κ3) is 5.36. The van der Waals surface area contributed by atoms with Crippen LogP contribution in [-0.2, 0) is 14.3 Å². The summed E-state index contributed by atoms with van der Waals surface area (Å²) in [4.78, 5) is 27.5. The first-order valence-electron chi connectivity index (χ1n) is 7.42. The molecule has 0 atom stereocenters. The van der Waals surface area contributed by atoms with Gasteiger partial charge in [0.15, 0.2) is 0 Å². The molecule has 1 N–H and O–H groups in total. The van der Waals surface area contributed by atoms with Crippen LogP contribution in [0.15, 0.2) is 24.3 Å². The highest BCUT2D eigenvalue weighted by Gasteiger charge is 2.19. The number of amides is 2.